The Morgan fingerprint density at radius 3 is 2.09 bits per heavy atom. The minimum atomic E-state index is -0.202. The summed E-state index contributed by atoms with van der Waals surface area (Å²) in [4.78, 5) is 26.1. The van der Waals surface area contributed by atoms with Crippen molar-refractivity contribution in [2.24, 2.45) is 0 Å². The number of amides is 2. The van der Waals surface area contributed by atoms with E-state index < -0.39 is 0 Å². The summed E-state index contributed by atoms with van der Waals surface area (Å²) in [6, 6.07) is 13.2. The molecule has 0 fully saturated rings. The lowest BCUT2D eigenvalue weighted by molar-refractivity contribution is -0.116. The van der Waals surface area contributed by atoms with Crippen LogP contribution in [0.1, 0.15) is 27.0 Å². The van der Waals surface area contributed by atoms with Gasteiger partial charge in [-0.25, -0.2) is 0 Å². The first-order valence-electron chi connectivity index (χ1n) is 7.57. The number of anilines is 1. The standard InChI is InChI=1S/C19H22N2O2/c1-13-8-5-6-11-16(13)19(23)21(4)12-17(22)20-18-14(2)9-7-10-15(18)3/h5-11H,12H2,1-4H3,(H,20,22). The number of aryl methyl sites for hydroxylation is 3. The molecule has 4 nitrogen and oxygen atoms in total. The molecule has 0 radical (unpaired) electrons. The summed E-state index contributed by atoms with van der Waals surface area (Å²) in [5.74, 6) is -0.355. The molecule has 0 aromatic heterocycles. The maximum absolute atomic E-state index is 12.4. The van der Waals surface area contributed by atoms with Gasteiger partial charge in [0.2, 0.25) is 5.91 Å². The molecule has 2 aromatic carbocycles. The van der Waals surface area contributed by atoms with Crippen LogP contribution >= 0.6 is 0 Å². The van der Waals surface area contributed by atoms with Gasteiger partial charge >= 0.3 is 0 Å². The average Bonchev–Trinajstić information content (AvgIpc) is 2.51. The normalized spacial score (nSPS) is 10.3. The minimum absolute atomic E-state index is 0.0148. The molecule has 2 rings (SSSR count). The summed E-state index contributed by atoms with van der Waals surface area (Å²) < 4.78 is 0. The third kappa shape index (κ3) is 3.97. The Morgan fingerprint density at radius 1 is 0.913 bits per heavy atom. The van der Waals surface area contributed by atoms with E-state index in [9.17, 15) is 9.59 Å². The van der Waals surface area contributed by atoms with Gasteiger partial charge in [-0.05, 0) is 43.5 Å². The molecule has 2 amide bonds. The molecule has 4 heteroatoms. The van der Waals surface area contributed by atoms with E-state index in [4.69, 9.17) is 0 Å². The predicted molar refractivity (Wildman–Crippen MR) is 92.7 cm³/mol. The summed E-state index contributed by atoms with van der Waals surface area (Å²) in [5.41, 5.74) is 4.35. The topological polar surface area (TPSA) is 49.4 Å². The molecule has 0 saturated heterocycles. The quantitative estimate of drug-likeness (QED) is 0.941. The van der Waals surface area contributed by atoms with Crippen molar-refractivity contribution >= 4 is 17.5 Å². The molecule has 0 spiro atoms. The fourth-order valence-corrected chi connectivity index (χ4v) is 2.50. The van der Waals surface area contributed by atoms with Crippen LogP contribution in [0, 0.1) is 20.8 Å². The maximum atomic E-state index is 12.4. The lowest BCUT2D eigenvalue weighted by Crippen LogP contribution is -2.35. The number of benzene rings is 2. The lowest BCUT2D eigenvalue weighted by atomic mass is 10.1. The zero-order valence-electron chi connectivity index (χ0n) is 14.0. The number of carbonyl (C=O) groups is 2. The highest BCUT2D eigenvalue weighted by Crippen LogP contribution is 2.19. The van der Waals surface area contributed by atoms with Crippen LogP contribution in [0.4, 0.5) is 5.69 Å². The van der Waals surface area contributed by atoms with Crippen LogP contribution in [0.3, 0.4) is 0 Å². The van der Waals surface area contributed by atoms with E-state index >= 15 is 0 Å². The number of carbonyl (C=O) groups excluding carboxylic acids is 2. The first-order chi connectivity index (χ1) is 10.9. The molecule has 0 saturated carbocycles. The predicted octanol–water partition coefficient (Wildman–Crippen LogP) is 3.32. The molecule has 0 aliphatic heterocycles. The number of nitrogens with zero attached hydrogens (tertiary/aromatic N) is 1. The van der Waals surface area contributed by atoms with Crippen molar-refractivity contribution in [1.82, 2.24) is 4.90 Å². The Kier molecular flexibility index (Phi) is 5.16. The van der Waals surface area contributed by atoms with Gasteiger partial charge in [-0.1, -0.05) is 36.4 Å². The van der Waals surface area contributed by atoms with Crippen molar-refractivity contribution in [3.63, 3.8) is 0 Å². The molecule has 2 aromatic rings. The van der Waals surface area contributed by atoms with Gasteiger partial charge in [-0.2, -0.15) is 0 Å². The highest BCUT2D eigenvalue weighted by molar-refractivity contribution is 6.00. The van der Waals surface area contributed by atoms with Gasteiger partial charge in [-0.3, -0.25) is 9.59 Å². The molecule has 0 unspecified atom stereocenters. The molecule has 0 heterocycles. The molecule has 23 heavy (non-hydrogen) atoms. The van der Waals surface area contributed by atoms with E-state index in [1.165, 1.54) is 4.90 Å². The molecule has 0 aliphatic rings. The lowest BCUT2D eigenvalue weighted by Gasteiger charge is -2.19. The van der Waals surface area contributed by atoms with Crippen LogP contribution in [0.25, 0.3) is 0 Å². The monoisotopic (exact) mass is 310 g/mol. The minimum Gasteiger partial charge on any atom is -0.332 e. The molecular formula is C19H22N2O2. The second-order valence-electron chi connectivity index (χ2n) is 5.79. The van der Waals surface area contributed by atoms with Gasteiger partial charge in [0.15, 0.2) is 0 Å². The number of hydrogen-bond donors (Lipinski definition) is 1. The summed E-state index contributed by atoms with van der Waals surface area (Å²) in [7, 11) is 1.64. The van der Waals surface area contributed by atoms with Crippen LogP contribution in [0.2, 0.25) is 0 Å². The number of rotatable bonds is 4. The van der Waals surface area contributed by atoms with E-state index in [-0.39, 0.29) is 18.4 Å². The van der Waals surface area contributed by atoms with Crippen molar-refractivity contribution in [2.75, 3.05) is 18.9 Å². The first kappa shape index (κ1) is 16.7. The van der Waals surface area contributed by atoms with Crippen molar-refractivity contribution < 1.29 is 9.59 Å². The van der Waals surface area contributed by atoms with Crippen molar-refractivity contribution in [1.29, 1.82) is 0 Å². The van der Waals surface area contributed by atoms with Crippen molar-refractivity contribution in [3.05, 3.63) is 64.7 Å². The van der Waals surface area contributed by atoms with E-state index in [0.29, 0.717) is 5.56 Å². The van der Waals surface area contributed by atoms with Gasteiger partial charge in [0.05, 0.1) is 6.54 Å². The van der Waals surface area contributed by atoms with Gasteiger partial charge in [-0.15, -0.1) is 0 Å². The average molecular weight is 310 g/mol. The zero-order valence-corrected chi connectivity index (χ0v) is 14.0. The molecule has 1 N–H and O–H groups in total. The van der Waals surface area contributed by atoms with Gasteiger partial charge < -0.3 is 10.2 Å². The number of nitrogens with one attached hydrogen (secondary N) is 1. The zero-order chi connectivity index (χ0) is 17.0. The summed E-state index contributed by atoms with van der Waals surface area (Å²) in [6.45, 7) is 5.80. The van der Waals surface area contributed by atoms with Crippen LogP contribution in [0.5, 0.6) is 0 Å². The number of hydrogen-bond acceptors (Lipinski definition) is 2. The Balaban J connectivity index is 2.05. The Hall–Kier alpha value is -2.62. The summed E-state index contributed by atoms with van der Waals surface area (Å²) in [6.07, 6.45) is 0. The van der Waals surface area contributed by atoms with Crippen molar-refractivity contribution in [3.8, 4) is 0 Å². The van der Waals surface area contributed by atoms with E-state index in [1.807, 2.05) is 57.2 Å². The number of para-hydroxylation sites is 1. The largest absolute Gasteiger partial charge is 0.332 e. The van der Waals surface area contributed by atoms with E-state index in [0.717, 1.165) is 22.4 Å². The van der Waals surface area contributed by atoms with Crippen LogP contribution in [0.15, 0.2) is 42.5 Å². The number of likely N-dealkylation sites (N-methyl/N-ethyl adjacent to an activating group) is 1. The molecule has 120 valence electrons. The van der Waals surface area contributed by atoms with Gasteiger partial charge in [0, 0.05) is 18.3 Å². The fraction of sp³-hybridized carbons (Fsp3) is 0.263. The maximum Gasteiger partial charge on any atom is 0.254 e. The summed E-state index contributed by atoms with van der Waals surface area (Å²) in [5, 5.41) is 2.90. The van der Waals surface area contributed by atoms with Crippen LogP contribution < -0.4 is 5.32 Å². The highest BCUT2D eigenvalue weighted by Gasteiger charge is 2.17. The first-order valence-corrected chi connectivity index (χ1v) is 7.57. The Labute approximate surface area is 137 Å². The van der Waals surface area contributed by atoms with E-state index in [2.05, 4.69) is 5.32 Å². The second-order valence-corrected chi connectivity index (χ2v) is 5.79. The summed E-state index contributed by atoms with van der Waals surface area (Å²) >= 11 is 0. The fourth-order valence-electron chi connectivity index (χ4n) is 2.50. The highest BCUT2D eigenvalue weighted by atomic mass is 16.2. The SMILES string of the molecule is Cc1ccccc1C(=O)N(C)CC(=O)Nc1c(C)cccc1C. The molecule has 0 atom stereocenters. The van der Waals surface area contributed by atoms with Crippen LogP contribution in [-0.4, -0.2) is 30.3 Å². The molecular weight excluding hydrogens is 288 g/mol. The van der Waals surface area contributed by atoms with E-state index in [1.54, 1.807) is 13.1 Å². The second kappa shape index (κ2) is 7.09. The van der Waals surface area contributed by atoms with Gasteiger partial charge in [0.1, 0.15) is 0 Å². The Morgan fingerprint density at radius 2 is 1.48 bits per heavy atom. The third-order valence-electron chi connectivity index (χ3n) is 3.85. The third-order valence-corrected chi connectivity index (χ3v) is 3.85. The molecule has 0 bridgehead atoms. The molecule has 0 aliphatic carbocycles. The smallest absolute Gasteiger partial charge is 0.254 e. The van der Waals surface area contributed by atoms with Crippen LogP contribution in [-0.2, 0) is 4.79 Å². The van der Waals surface area contributed by atoms with Gasteiger partial charge in [0.25, 0.3) is 5.91 Å². The van der Waals surface area contributed by atoms with Crippen molar-refractivity contribution in [2.45, 2.75) is 20.8 Å². The Bertz CT molecular complexity index is 718.